The zero-order valence-corrected chi connectivity index (χ0v) is 22.5. The predicted octanol–water partition coefficient (Wildman–Crippen LogP) is 5.05. The molecule has 0 aliphatic carbocycles. The summed E-state index contributed by atoms with van der Waals surface area (Å²) >= 11 is 0. The first-order chi connectivity index (χ1) is 18.3. The van der Waals surface area contributed by atoms with Crippen molar-refractivity contribution in [1.29, 1.82) is 0 Å². The number of likely N-dealkylation sites (tertiary alicyclic amines) is 1. The maximum Gasteiger partial charge on any atom is 0.416 e. The largest absolute Gasteiger partial charge is 0.496 e. The highest BCUT2D eigenvalue weighted by Crippen LogP contribution is 2.49. The van der Waals surface area contributed by atoms with Crippen LogP contribution < -0.4 is 10.1 Å². The van der Waals surface area contributed by atoms with Gasteiger partial charge < -0.3 is 24.8 Å². The summed E-state index contributed by atoms with van der Waals surface area (Å²) in [6.07, 6.45) is -3.99. The molecule has 0 bridgehead atoms. The number of nitrogens with zero attached hydrogens (tertiary/aromatic N) is 1. The van der Waals surface area contributed by atoms with Crippen molar-refractivity contribution in [1.82, 2.24) is 10.2 Å². The Kier molecular flexibility index (Phi) is 8.28. The lowest BCUT2D eigenvalue weighted by Gasteiger charge is -2.35. The van der Waals surface area contributed by atoms with Gasteiger partial charge in [0.2, 0.25) is 0 Å². The predicted molar refractivity (Wildman–Crippen MR) is 138 cm³/mol. The zero-order chi connectivity index (χ0) is 28.5. The highest BCUT2D eigenvalue weighted by atomic mass is 19.4. The number of carbonyl (C=O) groups is 2. The smallest absolute Gasteiger partial charge is 0.416 e. The van der Waals surface area contributed by atoms with Crippen molar-refractivity contribution in [2.75, 3.05) is 13.7 Å². The van der Waals surface area contributed by atoms with Gasteiger partial charge in [-0.15, -0.1) is 0 Å². The number of benzene rings is 2. The van der Waals surface area contributed by atoms with Gasteiger partial charge in [-0.3, -0.25) is 4.79 Å². The van der Waals surface area contributed by atoms with E-state index in [2.05, 4.69) is 5.32 Å². The van der Waals surface area contributed by atoms with Crippen LogP contribution in [0.2, 0.25) is 0 Å². The van der Waals surface area contributed by atoms with Crippen LogP contribution in [-0.2, 0) is 27.0 Å². The third-order valence-electron chi connectivity index (χ3n) is 7.66. The molecule has 7 nitrogen and oxygen atoms in total. The van der Waals surface area contributed by atoms with E-state index >= 15 is 0 Å². The fourth-order valence-electron chi connectivity index (χ4n) is 5.96. The first kappa shape index (κ1) is 28.9. The number of alkyl halides is 3. The fourth-order valence-corrected chi connectivity index (χ4v) is 5.96. The van der Waals surface area contributed by atoms with Gasteiger partial charge in [-0.05, 0) is 36.0 Å². The summed E-state index contributed by atoms with van der Waals surface area (Å²) in [5.41, 5.74) is -0.124. The summed E-state index contributed by atoms with van der Waals surface area (Å²) in [4.78, 5) is 28.1. The first-order valence-electron chi connectivity index (χ1n) is 13.0. The van der Waals surface area contributed by atoms with Crippen LogP contribution in [0.3, 0.4) is 0 Å². The molecule has 2 aliphatic heterocycles. The Morgan fingerprint density at radius 1 is 1.13 bits per heavy atom. The molecule has 2 aliphatic rings. The summed E-state index contributed by atoms with van der Waals surface area (Å²) in [6, 6.07) is 10.2. The van der Waals surface area contributed by atoms with Crippen LogP contribution in [0.15, 0.2) is 48.5 Å². The van der Waals surface area contributed by atoms with Crippen LogP contribution in [0, 0.1) is 11.3 Å². The van der Waals surface area contributed by atoms with Crippen LogP contribution in [0.25, 0.3) is 0 Å². The Morgan fingerprint density at radius 2 is 1.82 bits per heavy atom. The Bertz CT molecular complexity index is 1180. The van der Waals surface area contributed by atoms with E-state index in [1.165, 1.54) is 18.1 Å². The molecule has 5 unspecified atom stereocenters. The SMILES string of the molecule is COc1cc(C(F)(F)F)ccc1CNC1C(c2ccccc2)N(C(=O)C2CCCO2)C(C(=O)O)C1C(C)(C)C. The second-order valence-electron chi connectivity index (χ2n) is 11.2. The summed E-state index contributed by atoms with van der Waals surface area (Å²) in [6.45, 7) is 6.35. The summed E-state index contributed by atoms with van der Waals surface area (Å²) < 4.78 is 50.8. The number of carboxylic acid groups (broad SMARTS) is 1. The second kappa shape index (κ2) is 11.2. The second-order valence-corrected chi connectivity index (χ2v) is 11.2. The molecule has 212 valence electrons. The molecule has 0 spiro atoms. The molecule has 4 rings (SSSR count). The molecule has 2 saturated heterocycles. The van der Waals surface area contributed by atoms with Crippen LogP contribution in [0.1, 0.15) is 56.3 Å². The van der Waals surface area contributed by atoms with E-state index in [1.54, 1.807) is 0 Å². The van der Waals surface area contributed by atoms with Gasteiger partial charge in [0, 0.05) is 30.7 Å². The topological polar surface area (TPSA) is 88.1 Å². The highest BCUT2D eigenvalue weighted by molar-refractivity contribution is 5.88. The molecule has 10 heteroatoms. The van der Waals surface area contributed by atoms with E-state index in [1.807, 2.05) is 51.1 Å². The number of halogens is 3. The quantitative estimate of drug-likeness (QED) is 0.504. The number of methoxy groups -OCH3 is 1. The van der Waals surface area contributed by atoms with Gasteiger partial charge in [-0.25, -0.2) is 4.79 Å². The van der Waals surface area contributed by atoms with Crippen molar-refractivity contribution in [3.63, 3.8) is 0 Å². The molecule has 2 heterocycles. The van der Waals surface area contributed by atoms with E-state index in [0.717, 1.165) is 24.1 Å². The zero-order valence-electron chi connectivity index (χ0n) is 22.5. The minimum absolute atomic E-state index is 0.0703. The van der Waals surface area contributed by atoms with Crippen LogP contribution in [-0.4, -0.2) is 53.8 Å². The van der Waals surface area contributed by atoms with Crippen molar-refractivity contribution in [2.24, 2.45) is 11.3 Å². The summed E-state index contributed by atoms with van der Waals surface area (Å²) in [5, 5.41) is 13.9. The third kappa shape index (κ3) is 5.91. The number of carboxylic acids is 1. The molecule has 2 fully saturated rings. The summed E-state index contributed by atoms with van der Waals surface area (Å²) in [5.74, 6) is -1.94. The Labute approximate surface area is 226 Å². The van der Waals surface area contributed by atoms with E-state index < -0.39 is 53.3 Å². The number of nitrogens with one attached hydrogen (secondary N) is 1. The molecule has 1 amide bonds. The fraction of sp³-hybridized carbons (Fsp3) is 0.517. The van der Waals surface area contributed by atoms with Crippen LogP contribution >= 0.6 is 0 Å². The molecule has 0 radical (unpaired) electrons. The highest BCUT2D eigenvalue weighted by Gasteiger charge is 2.58. The average molecular weight is 549 g/mol. The minimum Gasteiger partial charge on any atom is -0.496 e. The molecule has 2 aromatic carbocycles. The van der Waals surface area contributed by atoms with E-state index in [-0.39, 0.29) is 18.2 Å². The van der Waals surface area contributed by atoms with Crippen molar-refractivity contribution in [2.45, 2.75) is 70.6 Å². The monoisotopic (exact) mass is 548 g/mol. The number of hydrogen-bond acceptors (Lipinski definition) is 5. The lowest BCUT2D eigenvalue weighted by atomic mass is 9.72. The number of ether oxygens (including phenoxy) is 2. The summed E-state index contributed by atoms with van der Waals surface area (Å²) in [7, 11) is 1.31. The Morgan fingerprint density at radius 3 is 2.36 bits per heavy atom. The Balaban J connectivity index is 1.78. The van der Waals surface area contributed by atoms with Gasteiger partial charge in [0.05, 0.1) is 18.7 Å². The molecule has 39 heavy (non-hydrogen) atoms. The number of amides is 1. The van der Waals surface area contributed by atoms with Gasteiger partial charge >= 0.3 is 12.1 Å². The van der Waals surface area contributed by atoms with Crippen LogP contribution in [0.5, 0.6) is 5.75 Å². The number of aliphatic carboxylic acids is 1. The lowest BCUT2D eigenvalue weighted by Crippen LogP contribution is -2.50. The maximum atomic E-state index is 13.9. The maximum absolute atomic E-state index is 13.9. The number of hydrogen-bond donors (Lipinski definition) is 2. The number of carbonyl (C=O) groups excluding carboxylic acids is 1. The lowest BCUT2D eigenvalue weighted by molar-refractivity contribution is -0.156. The van der Waals surface area contributed by atoms with E-state index in [0.29, 0.717) is 18.6 Å². The first-order valence-corrected chi connectivity index (χ1v) is 13.0. The molecule has 2 aromatic rings. The van der Waals surface area contributed by atoms with Gasteiger partial charge in [0.25, 0.3) is 5.91 Å². The molecular formula is C29H35F3N2O5. The van der Waals surface area contributed by atoms with Crippen molar-refractivity contribution in [3.05, 3.63) is 65.2 Å². The van der Waals surface area contributed by atoms with Gasteiger partial charge in [-0.1, -0.05) is 57.2 Å². The van der Waals surface area contributed by atoms with Gasteiger partial charge in [-0.2, -0.15) is 13.2 Å². The van der Waals surface area contributed by atoms with Crippen molar-refractivity contribution >= 4 is 11.9 Å². The third-order valence-corrected chi connectivity index (χ3v) is 7.66. The molecule has 0 saturated carbocycles. The minimum atomic E-state index is -4.52. The molecule has 2 N–H and O–H groups in total. The average Bonchev–Trinajstić information content (AvgIpc) is 3.53. The van der Waals surface area contributed by atoms with E-state index in [9.17, 15) is 27.9 Å². The van der Waals surface area contributed by atoms with Gasteiger partial charge in [0.15, 0.2) is 0 Å². The Hall–Kier alpha value is -3.11. The van der Waals surface area contributed by atoms with Crippen LogP contribution in [0.4, 0.5) is 13.2 Å². The van der Waals surface area contributed by atoms with E-state index in [4.69, 9.17) is 9.47 Å². The van der Waals surface area contributed by atoms with Crippen molar-refractivity contribution in [3.8, 4) is 5.75 Å². The van der Waals surface area contributed by atoms with Crippen molar-refractivity contribution < 1.29 is 37.3 Å². The standard InChI is InChI=1S/C29H35F3N2O5/c1-28(2,3)22-23(33-16-18-12-13-19(29(30,31)32)15-21(18)38-4)24(17-9-6-5-7-10-17)34(25(22)27(36)37)26(35)20-11-8-14-39-20/h5-7,9-10,12-13,15,20,22-25,33H,8,11,14,16H2,1-4H3,(H,36,37). The normalized spacial score (nSPS) is 25.6. The molecule has 0 aromatic heterocycles. The molecular weight excluding hydrogens is 513 g/mol. The number of rotatable bonds is 7. The molecule has 5 atom stereocenters. The van der Waals surface area contributed by atoms with Gasteiger partial charge in [0.1, 0.15) is 17.9 Å².